The van der Waals surface area contributed by atoms with Gasteiger partial charge in [0.05, 0.1) is 11.4 Å². The molecule has 0 unspecified atom stereocenters. The van der Waals surface area contributed by atoms with Crippen molar-refractivity contribution < 1.29 is 4.79 Å². The van der Waals surface area contributed by atoms with Crippen LogP contribution in [0.4, 0.5) is 5.69 Å². The smallest absolute Gasteiger partial charge is 0.249 e. The fourth-order valence-electron chi connectivity index (χ4n) is 2.73. The van der Waals surface area contributed by atoms with Crippen molar-refractivity contribution in [2.45, 2.75) is 26.3 Å². The molecule has 1 heterocycles. The van der Waals surface area contributed by atoms with Crippen molar-refractivity contribution in [3.8, 4) is 0 Å². The van der Waals surface area contributed by atoms with Crippen molar-refractivity contribution in [1.82, 2.24) is 0 Å². The van der Waals surface area contributed by atoms with Gasteiger partial charge in [0.15, 0.2) is 0 Å². The summed E-state index contributed by atoms with van der Waals surface area (Å²) in [6.45, 7) is 4.13. The fourth-order valence-corrected chi connectivity index (χ4v) is 2.90. The number of benzene rings is 2. The predicted octanol–water partition coefficient (Wildman–Crippen LogP) is 4.54. The summed E-state index contributed by atoms with van der Waals surface area (Å²) in [6.07, 6.45) is 0.890. The molecular weight excluding hydrogens is 308 g/mol. The molecule has 1 amide bonds. The molecule has 0 bridgehead atoms. The van der Waals surface area contributed by atoms with Crippen molar-refractivity contribution in [1.29, 1.82) is 0 Å². The lowest BCUT2D eigenvalue weighted by Crippen LogP contribution is -2.31. The van der Waals surface area contributed by atoms with E-state index in [1.165, 1.54) is 0 Å². The summed E-state index contributed by atoms with van der Waals surface area (Å²) >= 11 is 6.18. The number of benzodiazepines with no additional fused rings is 1. The standard InChI is InChI=1S/C19H19ClN2O/c1-3-12(2)17-19(23)21-16-10-9-14(20)11-15(16)18(22-17)13-7-5-4-6-8-13/h4-12,17H,3H2,1-2H3,(H,21,23)/t12-,17-/m0/s1. The van der Waals surface area contributed by atoms with Gasteiger partial charge in [-0.15, -0.1) is 0 Å². The van der Waals surface area contributed by atoms with Crippen molar-refractivity contribution in [2.75, 3.05) is 5.32 Å². The predicted molar refractivity (Wildman–Crippen MR) is 95.4 cm³/mol. The molecular formula is C19H19ClN2O. The highest BCUT2D eigenvalue weighted by Gasteiger charge is 2.29. The quantitative estimate of drug-likeness (QED) is 0.883. The summed E-state index contributed by atoms with van der Waals surface area (Å²) < 4.78 is 0. The van der Waals surface area contributed by atoms with Crippen LogP contribution < -0.4 is 5.32 Å². The molecule has 0 aliphatic carbocycles. The summed E-state index contributed by atoms with van der Waals surface area (Å²) in [4.78, 5) is 17.4. The lowest BCUT2D eigenvalue weighted by molar-refractivity contribution is -0.118. The average molecular weight is 327 g/mol. The largest absolute Gasteiger partial charge is 0.324 e. The van der Waals surface area contributed by atoms with Crippen LogP contribution in [-0.2, 0) is 4.79 Å². The third-order valence-corrected chi connectivity index (χ3v) is 4.50. The molecule has 0 saturated heterocycles. The van der Waals surface area contributed by atoms with E-state index in [4.69, 9.17) is 16.6 Å². The van der Waals surface area contributed by atoms with Crippen molar-refractivity contribution in [2.24, 2.45) is 10.9 Å². The zero-order valence-electron chi connectivity index (χ0n) is 13.2. The van der Waals surface area contributed by atoms with Gasteiger partial charge in [0.25, 0.3) is 0 Å². The van der Waals surface area contributed by atoms with Crippen LogP contribution in [0.1, 0.15) is 31.4 Å². The van der Waals surface area contributed by atoms with E-state index in [2.05, 4.69) is 19.2 Å². The first-order chi connectivity index (χ1) is 11.1. The van der Waals surface area contributed by atoms with E-state index < -0.39 is 6.04 Å². The zero-order valence-corrected chi connectivity index (χ0v) is 14.0. The number of carbonyl (C=O) groups is 1. The highest BCUT2D eigenvalue weighted by molar-refractivity contribution is 6.32. The average Bonchev–Trinajstić information content (AvgIpc) is 2.71. The number of nitrogens with zero attached hydrogens (tertiary/aromatic N) is 1. The summed E-state index contributed by atoms with van der Waals surface area (Å²) in [5.74, 6) is 0.104. The van der Waals surface area contributed by atoms with Gasteiger partial charge >= 0.3 is 0 Å². The monoisotopic (exact) mass is 326 g/mol. The van der Waals surface area contributed by atoms with Crippen molar-refractivity contribution in [3.05, 3.63) is 64.7 Å². The molecule has 1 aliphatic rings. The molecule has 23 heavy (non-hydrogen) atoms. The van der Waals surface area contributed by atoms with Crippen LogP contribution in [0.15, 0.2) is 53.5 Å². The first kappa shape index (κ1) is 15.8. The Bertz CT molecular complexity index is 755. The van der Waals surface area contributed by atoms with Crippen LogP contribution in [0.25, 0.3) is 0 Å². The second kappa shape index (κ2) is 6.55. The van der Waals surface area contributed by atoms with Crippen LogP contribution in [0, 0.1) is 5.92 Å². The van der Waals surface area contributed by atoms with Gasteiger partial charge in [0.1, 0.15) is 6.04 Å². The summed E-state index contributed by atoms with van der Waals surface area (Å²) in [6, 6.07) is 15.0. The minimum Gasteiger partial charge on any atom is -0.324 e. The maximum absolute atomic E-state index is 12.6. The molecule has 0 fully saturated rings. The minimum absolute atomic E-state index is 0.0612. The number of aliphatic imine (C=N–C) groups is 1. The highest BCUT2D eigenvalue weighted by atomic mass is 35.5. The van der Waals surface area contributed by atoms with E-state index >= 15 is 0 Å². The Morgan fingerprint density at radius 3 is 2.65 bits per heavy atom. The van der Waals surface area contributed by atoms with Crippen molar-refractivity contribution in [3.63, 3.8) is 0 Å². The number of nitrogens with one attached hydrogen (secondary N) is 1. The first-order valence-corrected chi connectivity index (χ1v) is 8.22. The maximum Gasteiger partial charge on any atom is 0.249 e. The zero-order chi connectivity index (χ0) is 16.4. The molecule has 2 aromatic carbocycles. The number of rotatable bonds is 3. The molecule has 3 nitrogen and oxygen atoms in total. The molecule has 2 aromatic rings. The molecule has 0 aromatic heterocycles. The van der Waals surface area contributed by atoms with E-state index in [0.717, 1.165) is 28.9 Å². The topological polar surface area (TPSA) is 41.5 Å². The summed E-state index contributed by atoms with van der Waals surface area (Å²) in [7, 11) is 0. The van der Waals surface area contributed by atoms with Gasteiger partial charge in [-0.3, -0.25) is 9.79 Å². The van der Waals surface area contributed by atoms with Gasteiger partial charge in [-0.05, 0) is 24.1 Å². The van der Waals surface area contributed by atoms with Gasteiger partial charge < -0.3 is 5.32 Å². The number of hydrogen-bond donors (Lipinski definition) is 1. The Kier molecular flexibility index (Phi) is 4.49. The van der Waals surface area contributed by atoms with Gasteiger partial charge in [0.2, 0.25) is 5.91 Å². The second-order valence-corrected chi connectivity index (χ2v) is 6.29. The summed E-state index contributed by atoms with van der Waals surface area (Å²) in [5.41, 5.74) is 3.42. The van der Waals surface area contributed by atoms with Crippen molar-refractivity contribution >= 4 is 28.9 Å². The van der Waals surface area contributed by atoms with Crippen LogP contribution in [0.3, 0.4) is 0 Å². The Morgan fingerprint density at radius 1 is 1.22 bits per heavy atom. The normalized spacial score (nSPS) is 18.5. The molecule has 3 rings (SSSR count). The molecule has 2 atom stereocenters. The molecule has 1 N–H and O–H groups in total. The van der Waals surface area contributed by atoms with E-state index in [0.29, 0.717) is 5.02 Å². The van der Waals surface area contributed by atoms with Gasteiger partial charge in [-0.2, -0.15) is 0 Å². The highest BCUT2D eigenvalue weighted by Crippen LogP contribution is 2.29. The third kappa shape index (κ3) is 3.15. The van der Waals surface area contributed by atoms with E-state index in [1.807, 2.05) is 42.5 Å². The molecule has 4 heteroatoms. The van der Waals surface area contributed by atoms with E-state index in [9.17, 15) is 4.79 Å². The number of fused-ring (bicyclic) bond motifs is 1. The van der Waals surface area contributed by atoms with Gasteiger partial charge in [-0.25, -0.2) is 0 Å². The minimum atomic E-state index is -0.401. The van der Waals surface area contributed by atoms with Gasteiger partial charge in [-0.1, -0.05) is 62.2 Å². The molecule has 1 aliphatic heterocycles. The number of amides is 1. The lowest BCUT2D eigenvalue weighted by atomic mass is 9.98. The molecule has 0 saturated carbocycles. The Hall–Kier alpha value is -2.13. The number of anilines is 1. The Balaban J connectivity index is 2.21. The van der Waals surface area contributed by atoms with Crippen LogP contribution >= 0.6 is 11.6 Å². The Labute approximate surface area is 141 Å². The van der Waals surface area contributed by atoms with E-state index in [-0.39, 0.29) is 11.8 Å². The van der Waals surface area contributed by atoms with Crippen LogP contribution in [-0.4, -0.2) is 17.7 Å². The number of halogens is 1. The summed E-state index contributed by atoms with van der Waals surface area (Å²) in [5, 5.41) is 3.63. The third-order valence-electron chi connectivity index (χ3n) is 4.26. The maximum atomic E-state index is 12.6. The SMILES string of the molecule is CC[C@H](C)[C@@H]1N=C(c2ccccc2)c2cc(Cl)ccc2NC1=O. The second-order valence-electron chi connectivity index (χ2n) is 5.85. The van der Waals surface area contributed by atoms with Crippen LogP contribution in [0.2, 0.25) is 5.02 Å². The number of hydrogen-bond acceptors (Lipinski definition) is 2. The first-order valence-electron chi connectivity index (χ1n) is 7.84. The lowest BCUT2D eigenvalue weighted by Gasteiger charge is -2.17. The molecule has 0 spiro atoms. The fraction of sp³-hybridized carbons (Fsp3) is 0.263. The van der Waals surface area contributed by atoms with Gasteiger partial charge in [0, 0.05) is 16.1 Å². The van der Waals surface area contributed by atoms with E-state index in [1.54, 1.807) is 6.07 Å². The molecule has 118 valence electrons. The van der Waals surface area contributed by atoms with Crippen LogP contribution in [0.5, 0.6) is 0 Å². The molecule has 0 radical (unpaired) electrons. The Morgan fingerprint density at radius 2 is 1.96 bits per heavy atom. The number of carbonyl (C=O) groups excluding carboxylic acids is 1.